The van der Waals surface area contributed by atoms with Gasteiger partial charge in [0.05, 0.1) is 17.3 Å². The highest BCUT2D eigenvalue weighted by molar-refractivity contribution is 6.31. The lowest BCUT2D eigenvalue weighted by atomic mass is 9.96. The van der Waals surface area contributed by atoms with E-state index in [1.165, 1.54) is 12.3 Å². The normalized spacial score (nSPS) is 12.3. The molecular formula is C27H28ClF3N8O. The molecule has 0 aliphatic rings. The van der Waals surface area contributed by atoms with Crippen molar-refractivity contribution < 1.29 is 18.0 Å². The fraction of sp³-hybridized carbons (Fsp3) is 0.296. The summed E-state index contributed by atoms with van der Waals surface area (Å²) in [5.74, 6) is -2.60. The highest BCUT2D eigenvalue weighted by Gasteiger charge is 2.43. The highest BCUT2D eigenvalue weighted by atomic mass is 35.5. The largest absolute Gasteiger partial charge is 0.425 e. The van der Waals surface area contributed by atoms with Crippen LogP contribution in [0.1, 0.15) is 37.9 Å². The molecule has 1 amide bonds. The quantitative estimate of drug-likeness (QED) is 0.0983. The number of carbonyl (C=O) groups is 1. The van der Waals surface area contributed by atoms with Crippen LogP contribution in [0, 0.1) is 35.0 Å². The van der Waals surface area contributed by atoms with Crippen molar-refractivity contribution in [1.29, 1.82) is 5.26 Å². The molecule has 0 fully saturated rings. The van der Waals surface area contributed by atoms with Gasteiger partial charge in [0.1, 0.15) is 11.6 Å². The number of fused-ring (bicyclic) bond motifs is 1. The van der Waals surface area contributed by atoms with Crippen molar-refractivity contribution in [3.05, 3.63) is 64.6 Å². The third kappa shape index (κ3) is 7.04. The average Bonchev–Trinajstić information content (AvgIpc) is 2.88. The van der Waals surface area contributed by atoms with Crippen LogP contribution in [0.15, 0.2) is 42.6 Å². The molecule has 1 aromatic heterocycles. The molecule has 1 atom stereocenters. The molecule has 6 N–H and O–H groups in total. The molecule has 0 saturated carbocycles. The minimum absolute atomic E-state index is 0.0633. The van der Waals surface area contributed by atoms with Gasteiger partial charge in [-0.15, -0.1) is 0 Å². The minimum Gasteiger partial charge on any atom is -0.383 e. The second kappa shape index (κ2) is 12.3. The molecule has 40 heavy (non-hydrogen) atoms. The van der Waals surface area contributed by atoms with E-state index in [-0.39, 0.29) is 28.0 Å². The van der Waals surface area contributed by atoms with Crippen LogP contribution >= 0.6 is 11.6 Å². The lowest BCUT2D eigenvalue weighted by Gasteiger charge is -2.28. The summed E-state index contributed by atoms with van der Waals surface area (Å²) in [6, 6.07) is 8.42. The molecule has 9 nitrogen and oxygen atoms in total. The van der Waals surface area contributed by atoms with Gasteiger partial charge in [-0.1, -0.05) is 57.0 Å². The summed E-state index contributed by atoms with van der Waals surface area (Å²) in [5.41, 5.74) is 10.8. The SMILES string of the molecule is C#CN(NNC[C@@H](Nc1cc(F)c2ncc(C#N)c(NCC(C)(C)C)c2c1)c1ccccc1Cl)C(F)(F)C(N)=O. The number of nitrogens with one attached hydrogen (secondary N) is 4. The first-order chi connectivity index (χ1) is 18.8. The van der Waals surface area contributed by atoms with E-state index >= 15 is 4.39 Å². The van der Waals surface area contributed by atoms with E-state index in [0.29, 0.717) is 33.9 Å². The van der Waals surface area contributed by atoms with Crippen LogP contribution in [0.25, 0.3) is 10.9 Å². The maximum absolute atomic E-state index is 15.3. The van der Waals surface area contributed by atoms with Crippen molar-refractivity contribution >= 4 is 39.8 Å². The zero-order chi connectivity index (χ0) is 29.7. The third-order valence-corrected chi connectivity index (χ3v) is 6.01. The number of carbonyl (C=O) groups excluding carboxylic acids is 1. The number of nitriles is 1. The van der Waals surface area contributed by atoms with Crippen molar-refractivity contribution in [2.45, 2.75) is 32.9 Å². The van der Waals surface area contributed by atoms with Crippen molar-refractivity contribution in [3.63, 3.8) is 0 Å². The van der Waals surface area contributed by atoms with Gasteiger partial charge in [0.25, 0.3) is 0 Å². The van der Waals surface area contributed by atoms with Gasteiger partial charge in [0, 0.05) is 41.4 Å². The van der Waals surface area contributed by atoms with Crippen LogP contribution in [-0.4, -0.2) is 35.0 Å². The molecule has 13 heteroatoms. The maximum Gasteiger partial charge on any atom is 0.425 e. The van der Waals surface area contributed by atoms with Crippen LogP contribution in [0.3, 0.4) is 0 Å². The van der Waals surface area contributed by atoms with Gasteiger partial charge >= 0.3 is 12.0 Å². The number of benzene rings is 2. The van der Waals surface area contributed by atoms with Gasteiger partial charge in [0.15, 0.2) is 5.82 Å². The Balaban J connectivity index is 1.98. The van der Waals surface area contributed by atoms with Gasteiger partial charge in [0.2, 0.25) is 0 Å². The fourth-order valence-corrected chi connectivity index (χ4v) is 3.96. The Morgan fingerprint density at radius 3 is 2.58 bits per heavy atom. The molecule has 0 unspecified atom stereocenters. The zero-order valence-corrected chi connectivity index (χ0v) is 22.7. The number of alkyl halides is 2. The molecule has 0 radical (unpaired) electrons. The third-order valence-electron chi connectivity index (χ3n) is 5.67. The molecular weight excluding hydrogens is 545 g/mol. The predicted octanol–water partition coefficient (Wildman–Crippen LogP) is 4.49. The summed E-state index contributed by atoms with van der Waals surface area (Å²) in [5, 5.41) is 16.6. The fourth-order valence-electron chi connectivity index (χ4n) is 3.69. The molecule has 210 valence electrons. The molecule has 1 heterocycles. The lowest BCUT2D eigenvalue weighted by molar-refractivity contribution is -0.174. The molecule has 0 aliphatic carbocycles. The number of anilines is 2. The summed E-state index contributed by atoms with van der Waals surface area (Å²) in [6.07, 6.45) is 6.41. The van der Waals surface area contributed by atoms with E-state index in [1.807, 2.05) is 20.8 Å². The van der Waals surface area contributed by atoms with Gasteiger partial charge in [-0.05, 0) is 29.2 Å². The predicted molar refractivity (Wildman–Crippen MR) is 148 cm³/mol. The van der Waals surface area contributed by atoms with Crippen LogP contribution in [0.2, 0.25) is 5.02 Å². The van der Waals surface area contributed by atoms with Crippen LogP contribution in [0.5, 0.6) is 0 Å². The first-order valence-electron chi connectivity index (χ1n) is 12.0. The minimum atomic E-state index is -4.18. The maximum atomic E-state index is 15.3. The molecule has 3 rings (SSSR count). The van der Waals surface area contributed by atoms with Crippen molar-refractivity contribution in [2.75, 3.05) is 23.7 Å². The number of nitrogens with two attached hydrogens (primary N) is 1. The Hall–Kier alpha value is -4.23. The Bertz CT molecular complexity index is 1480. The Labute approximate surface area is 234 Å². The average molecular weight is 573 g/mol. The second-order valence-corrected chi connectivity index (χ2v) is 10.4. The van der Waals surface area contributed by atoms with Gasteiger partial charge in [-0.2, -0.15) is 24.6 Å². The Morgan fingerprint density at radius 2 is 1.98 bits per heavy atom. The molecule has 0 bridgehead atoms. The van der Waals surface area contributed by atoms with E-state index in [1.54, 1.807) is 36.4 Å². The van der Waals surface area contributed by atoms with Crippen molar-refractivity contribution in [1.82, 2.24) is 21.0 Å². The molecule has 0 aliphatic heterocycles. The van der Waals surface area contributed by atoms with E-state index in [2.05, 4.69) is 32.6 Å². The number of halogens is 4. The van der Waals surface area contributed by atoms with E-state index in [0.717, 1.165) is 0 Å². The lowest BCUT2D eigenvalue weighted by Crippen LogP contribution is -2.59. The summed E-state index contributed by atoms with van der Waals surface area (Å²) < 4.78 is 43.2. The standard InChI is InChI=1S/C27H28ClF3N8O/c1-5-39(27(30,31)25(33)40)38-36-14-22(18-8-6-7-9-20(18)28)37-17-10-19-23(35-15-26(2,3)4)16(12-32)13-34-24(19)21(29)11-17/h1,6-11,13,22,36-38H,14-15H2,2-4H3,(H2,33,40)(H,34,35)/t22-/m1/s1. The van der Waals surface area contributed by atoms with Crippen LogP contribution < -0.4 is 27.3 Å². The first-order valence-corrected chi connectivity index (χ1v) is 12.4. The number of primary amides is 1. The number of nitrogens with zero attached hydrogens (tertiary/aromatic N) is 3. The Kier molecular flexibility index (Phi) is 9.32. The smallest absolute Gasteiger partial charge is 0.383 e. The van der Waals surface area contributed by atoms with Crippen LogP contribution in [0.4, 0.5) is 24.5 Å². The number of hydrogen-bond donors (Lipinski definition) is 5. The summed E-state index contributed by atoms with van der Waals surface area (Å²) in [6.45, 7) is 6.41. The van der Waals surface area contributed by atoms with Gasteiger partial charge < -0.3 is 16.4 Å². The van der Waals surface area contributed by atoms with Gasteiger partial charge in [-0.3, -0.25) is 9.78 Å². The number of terminal acetylenes is 1. The molecule has 0 saturated heterocycles. The first kappa shape index (κ1) is 30.3. The summed E-state index contributed by atoms with van der Waals surface area (Å²) in [7, 11) is 0. The number of amides is 1. The zero-order valence-electron chi connectivity index (χ0n) is 21.9. The topological polar surface area (TPSA) is 131 Å². The monoisotopic (exact) mass is 572 g/mol. The molecule has 2 aromatic carbocycles. The number of aromatic nitrogens is 1. The second-order valence-electron chi connectivity index (χ2n) is 10.0. The number of rotatable bonds is 11. The van der Waals surface area contributed by atoms with Crippen LogP contribution in [-0.2, 0) is 4.79 Å². The van der Waals surface area contributed by atoms with E-state index in [4.69, 9.17) is 23.8 Å². The molecule has 3 aromatic rings. The summed E-state index contributed by atoms with van der Waals surface area (Å²) in [4.78, 5) is 15.2. The molecule has 0 spiro atoms. The van der Waals surface area contributed by atoms with Crippen molar-refractivity contribution in [2.24, 2.45) is 11.1 Å². The Morgan fingerprint density at radius 1 is 1.27 bits per heavy atom. The van der Waals surface area contributed by atoms with Gasteiger partial charge in [-0.25, -0.2) is 9.82 Å². The number of pyridine rings is 1. The van der Waals surface area contributed by atoms with Crippen molar-refractivity contribution in [3.8, 4) is 18.5 Å². The highest BCUT2D eigenvalue weighted by Crippen LogP contribution is 2.33. The summed E-state index contributed by atoms with van der Waals surface area (Å²) >= 11 is 6.40. The van der Waals surface area contributed by atoms with E-state index < -0.39 is 23.8 Å². The number of hydrazine groups is 2. The van der Waals surface area contributed by atoms with E-state index in [9.17, 15) is 18.8 Å². The number of hydrogen-bond acceptors (Lipinski definition) is 8.